The monoisotopic (exact) mass is 248 g/mol. The zero-order chi connectivity index (χ0) is 13.0. The lowest BCUT2D eigenvalue weighted by Crippen LogP contribution is -2.41. The number of aliphatic hydroxyl groups excluding tert-OH is 1. The minimum absolute atomic E-state index is 0.101. The van der Waals surface area contributed by atoms with E-state index in [2.05, 4.69) is 28.8 Å². The molecule has 2 rings (SSSR count). The number of fused-ring (bicyclic) bond motifs is 1. The van der Waals surface area contributed by atoms with Crippen LogP contribution in [-0.2, 0) is 17.8 Å². The summed E-state index contributed by atoms with van der Waals surface area (Å²) in [6, 6.07) is 8.65. The van der Waals surface area contributed by atoms with Crippen LogP contribution in [0.15, 0.2) is 24.3 Å². The van der Waals surface area contributed by atoms with Crippen molar-refractivity contribution in [3.63, 3.8) is 0 Å². The standard InChI is InChI=1S/C14H20N2O2/c1-10(17)15-9-14(18)7-13-6-11-4-2-3-5-12(11)8-16-13/h2-5,13-14,16,18H,6-9H2,1H3,(H,15,17). The van der Waals surface area contributed by atoms with Crippen LogP contribution < -0.4 is 10.6 Å². The summed E-state index contributed by atoms with van der Waals surface area (Å²) in [7, 11) is 0. The first-order chi connectivity index (χ1) is 8.65. The van der Waals surface area contributed by atoms with Gasteiger partial charge in [0.05, 0.1) is 6.10 Å². The molecule has 0 spiro atoms. The van der Waals surface area contributed by atoms with Gasteiger partial charge >= 0.3 is 0 Å². The number of hydrogen-bond acceptors (Lipinski definition) is 3. The van der Waals surface area contributed by atoms with E-state index in [9.17, 15) is 9.90 Å². The topological polar surface area (TPSA) is 61.4 Å². The highest BCUT2D eigenvalue weighted by Crippen LogP contribution is 2.18. The van der Waals surface area contributed by atoms with Crippen LogP contribution in [-0.4, -0.2) is 29.7 Å². The molecular formula is C14H20N2O2. The number of benzene rings is 1. The minimum atomic E-state index is -0.489. The summed E-state index contributed by atoms with van der Waals surface area (Å²) in [6.07, 6.45) is 1.11. The van der Waals surface area contributed by atoms with Gasteiger partial charge in [-0.3, -0.25) is 4.79 Å². The fourth-order valence-electron chi connectivity index (χ4n) is 2.36. The minimum Gasteiger partial charge on any atom is -0.391 e. The smallest absolute Gasteiger partial charge is 0.216 e. The van der Waals surface area contributed by atoms with Crippen LogP contribution >= 0.6 is 0 Å². The molecule has 0 bridgehead atoms. The molecule has 0 aromatic heterocycles. The number of carbonyl (C=O) groups is 1. The third-order valence-corrected chi connectivity index (χ3v) is 3.31. The van der Waals surface area contributed by atoms with Crippen molar-refractivity contribution in [3.8, 4) is 0 Å². The van der Waals surface area contributed by atoms with Crippen molar-refractivity contribution >= 4 is 5.91 Å². The SMILES string of the molecule is CC(=O)NCC(O)CC1Cc2ccccc2CN1. The van der Waals surface area contributed by atoms with Crippen LogP contribution in [0.3, 0.4) is 0 Å². The van der Waals surface area contributed by atoms with Gasteiger partial charge in [0.15, 0.2) is 0 Å². The Balaban J connectivity index is 1.84. The quantitative estimate of drug-likeness (QED) is 0.731. The molecule has 98 valence electrons. The van der Waals surface area contributed by atoms with Gasteiger partial charge < -0.3 is 15.7 Å². The van der Waals surface area contributed by atoms with E-state index >= 15 is 0 Å². The number of amides is 1. The Hall–Kier alpha value is -1.39. The molecule has 0 aliphatic carbocycles. The molecule has 4 heteroatoms. The predicted octanol–water partition coefficient (Wildman–Crippen LogP) is 0.588. The Morgan fingerprint density at radius 2 is 2.22 bits per heavy atom. The van der Waals surface area contributed by atoms with Crippen LogP contribution in [0, 0.1) is 0 Å². The highest BCUT2D eigenvalue weighted by molar-refractivity contribution is 5.72. The summed E-state index contributed by atoms with van der Waals surface area (Å²) in [5.74, 6) is -0.101. The average Bonchev–Trinajstić information content (AvgIpc) is 2.36. The van der Waals surface area contributed by atoms with E-state index < -0.39 is 6.10 Å². The molecule has 1 aliphatic heterocycles. The van der Waals surface area contributed by atoms with Gasteiger partial charge in [0.1, 0.15) is 0 Å². The van der Waals surface area contributed by atoms with Crippen molar-refractivity contribution in [2.24, 2.45) is 0 Å². The van der Waals surface area contributed by atoms with Crippen molar-refractivity contribution < 1.29 is 9.90 Å². The Morgan fingerprint density at radius 1 is 1.50 bits per heavy atom. The first-order valence-electron chi connectivity index (χ1n) is 6.38. The van der Waals surface area contributed by atoms with E-state index in [4.69, 9.17) is 0 Å². The Morgan fingerprint density at radius 3 is 2.94 bits per heavy atom. The molecule has 0 radical (unpaired) electrons. The van der Waals surface area contributed by atoms with Crippen molar-refractivity contribution in [2.45, 2.75) is 38.5 Å². The van der Waals surface area contributed by atoms with Crippen LogP contribution in [0.5, 0.6) is 0 Å². The second kappa shape index (κ2) is 5.98. The third-order valence-electron chi connectivity index (χ3n) is 3.31. The summed E-state index contributed by atoms with van der Waals surface area (Å²) >= 11 is 0. The van der Waals surface area contributed by atoms with Gasteiger partial charge in [0, 0.05) is 26.1 Å². The lowest BCUT2D eigenvalue weighted by atomic mass is 9.93. The summed E-state index contributed by atoms with van der Waals surface area (Å²) < 4.78 is 0. The van der Waals surface area contributed by atoms with Gasteiger partial charge in [-0.25, -0.2) is 0 Å². The maximum atomic E-state index is 10.8. The molecule has 0 saturated heterocycles. The van der Waals surface area contributed by atoms with Crippen LogP contribution in [0.4, 0.5) is 0 Å². The second-order valence-electron chi connectivity index (χ2n) is 4.88. The van der Waals surface area contributed by atoms with Gasteiger partial charge in [-0.1, -0.05) is 24.3 Å². The normalized spacial score (nSPS) is 20.0. The van der Waals surface area contributed by atoms with Gasteiger partial charge in [-0.05, 0) is 24.0 Å². The molecule has 1 aromatic rings. The molecule has 1 aromatic carbocycles. The first kappa shape index (κ1) is 13.1. The molecule has 18 heavy (non-hydrogen) atoms. The fraction of sp³-hybridized carbons (Fsp3) is 0.500. The van der Waals surface area contributed by atoms with Gasteiger partial charge in [-0.2, -0.15) is 0 Å². The van der Waals surface area contributed by atoms with Crippen molar-refractivity contribution in [1.82, 2.24) is 10.6 Å². The van der Waals surface area contributed by atoms with Crippen LogP contribution in [0.1, 0.15) is 24.5 Å². The van der Waals surface area contributed by atoms with Crippen LogP contribution in [0.2, 0.25) is 0 Å². The van der Waals surface area contributed by atoms with Crippen molar-refractivity contribution in [1.29, 1.82) is 0 Å². The molecule has 0 saturated carbocycles. The van der Waals surface area contributed by atoms with Gasteiger partial charge in [0.25, 0.3) is 0 Å². The van der Waals surface area contributed by atoms with Crippen LogP contribution in [0.25, 0.3) is 0 Å². The highest BCUT2D eigenvalue weighted by Gasteiger charge is 2.20. The number of rotatable bonds is 4. The molecular weight excluding hydrogens is 228 g/mol. The maximum Gasteiger partial charge on any atom is 0.216 e. The Kier molecular flexibility index (Phi) is 4.33. The summed E-state index contributed by atoms with van der Waals surface area (Å²) in [5, 5.41) is 15.9. The Labute approximate surface area is 107 Å². The molecule has 1 amide bonds. The fourth-order valence-corrected chi connectivity index (χ4v) is 2.36. The molecule has 4 nitrogen and oxygen atoms in total. The molecule has 0 fully saturated rings. The molecule has 3 N–H and O–H groups in total. The van der Waals surface area contributed by atoms with Crippen molar-refractivity contribution in [2.75, 3.05) is 6.54 Å². The van der Waals surface area contributed by atoms with E-state index in [0.717, 1.165) is 13.0 Å². The number of nitrogens with one attached hydrogen (secondary N) is 2. The average molecular weight is 248 g/mol. The largest absolute Gasteiger partial charge is 0.391 e. The number of carbonyl (C=O) groups excluding carboxylic acids is 1. The summed E-state index contributed by atoms with van der Waals surface area (Å²) in [6.45, 7) is 2.64. The lowest BCUT2D eigenvalue weighted by Gasteiger charge is -2.27. The molecule has 2 unspecified atom stereocenters. The van der Waals surface area contributed by atoms with E-state index in [1.54, 1.807) is 0 Å². The lowest BCUT2D eigenvalue weighted by molar-refractivity contribution is -0.119. The maximum absolute atomic E-state index is 10.8. The van der Waals surface area contributed by atoms with E-state index in [0.29, 0.717) is 13.0 Å². The molecule has 2 atom stereocenters. The second-order valence-corrected chi connectivity index (χ2v) is 4.88. The summed E-state index contributed by atoms with van der Waals surface area (Å²) in [5.41, 5.74) is 2.69. The molecule has 1 heterocycles. The first-order valence-corrected chi connectivity index (χ1v) is 6.38. The molecule has 1 aliphatic rings. The summed E-state index contributed by atoms with van der Waals surface area (Å²) in [4.78, 5) is 10.8. The van der Waals surface area contributed by atoms with Gasteiger partial charge in [0.2, 0.25) is 5.91 Å². The number of aliphatic hydroxyl groups is 1. The van der Waals surface area contributed by atoms with E-state index in [-0.39, 0.29) is 11.9 Å². The van der Waals surface area contributed by atoms with E-state index in [1.165, 1.54) is 18.1 Å². The predicted molar refractivity (Wildman–Crippen MR) is 70.1 cm³/mol. The Bertz CT molecular complexity index is 420. The zero-order valence-electron chi connectivity index (χ0n) is 10.6. The van der Waals surface area contributed by atoms with Crippen molar-refractivity contribution in [3.05, 3.63) is 35.4 Å². The number of hydrogen-bond donors (Lipinski definition) is 3. The zero-order valence-corrected chi connectivity index (χ0v) is 10.6. The van der Waals surface area contributed by atoms with Gasteiger partial charge in [-0.15, -0.1) is 0 Å². The van der Waals surface area contributed by atoms with E-state index in [1.807, 2.05) is 6.07 Å². The highest BCUT2D eigenvalue weighted by atomic mass is 16.3. The third kappa shape index (κ3) is 3.55.